The maximum absolute atomic E-state index is 8.60. The molecule has 198 valence electrons. The first kappa shape index (κ1) is 91.0. The summed E-state index contributed by atoms with van der Waals surface area (Å²) < 4.78 is 206. The number of hydrogen-bond acceptors (Lipinski definition) is 24. The van der Waals surface area contributed by atoms with Crippen molar-refractivity contribution in [2.45, 2.75) is 0 Å². The van der Waals surface area contributed by atoms with Gasteiger partial charge in [0.1, 0.15) is 0 Å². The van der Waals surface area contributed by atoms with Crippen molar-refractivity contribution < 1.29 is 233 Å². The molecule has 0 saturated carbocycles. The maximum Gasteiger partial charge on any atom is 2.00 e. The molecular formula is Mg3Nb4O24Pb3Ti4. The van der Waals surface area contributed by atoms with Gasteiger partial charge in [0.15, 0.2) is 0 Å². The van der Waals surface area contributed by atoms with Crippen molar-refractivity contribution in [2.24, 2.45) is 0 Å². The van der Waals surface area contributed by atoms with Crippen LogP contribution < -0.4 is 44.0 Å². The zero-order valence-electron chi connectivity index (χ0n) is 17.2. The molecule has 0 aromatic heterocycles. The Morgan fingerprint density at radius 2 is 0.316 bits per heavy atom. The van der Waals surface area contributed by atoms with Gasteiger partial charge < -0.3 is 0 Å². The van der Waals surface area contributed by atoms with Crippen LogP contribution in [0.3, 0.4) is 0 Å². The Kier molecular flexibility index (Phi) is 204. The first-order valence-corrected chi connectivity index (χ1v) is 23.1. The molecular weight excluding hydrogens is 1640 g/mol. The third kappa shape index (κ3) is 1270. The van der Waals surface area contributed by atoms with Crippen LogP contribution in [0.1, 0.15) is 0 Å². The summed E-state index contributed by atoms with van der Waals surface area (Å²) in [6.45, 7) is 0. The zero-order valence-corrected chi connectivity index (χ0v) is 48.2. The zero-order chi connectivity index (χ0) is 28.6. The normalized spacial score (nSPS) is 5.37. The summed E-state index contributed by atoms with van der Waals surface area (Å²) in [6.07, 6.45) is 0. The van der Waals surface area contributed by atoms with E-state index < -0.39 is 150 Å². The second-order valence-electron chi connectivity index (χ2n) is 1.89. The molecule has 0 saturated heterocycles. The van der Waals surface area contributed by atoms with Gasteiger partial charge in [-0.05, 0) is 0 Å². The first-order chi connectivity index (χ1) is 13.9. The van der Waals surface area contributed by atoms with Crippen LogP contribution in [0.2, 0.25) is 0 Å². The fraction of sp³-hybridized carbons (Fsp3) is 0. The van der Waals surface area contributed by atoms with Crippen molar-refractivity contribution in [3.63, 3.8) is 0 Å². The van der Waals surface area contributed by atoms with Crippen molar-refractivity contribution in [1.29, 1.82) is 0 Å². The van der Waals surface area contributed by atoms with E-state index in [-0.39, 0.29) is 151 Å². The summed E-state index contributed by atoms with van der Waals surface area (Å²) in [4.78, 5) is 0. The summed E-state index contributed by atoms with van der Waals surface area (Å²) in [5, 5.41) is 0. The molecule has 0 spiro atoms. The van der Waals surface area contributed by atoms with Gasteiger partial charge in [-0.15, -0.1) is 0 Å². The van der Waals surface area contributed by atoms with Crippen molar-refractivity contribution in [3.8, 4) is 0 Å². The average molecular weight is 1640 g/mol. The molecule has 38 heteroatoms. The molecule has 38 heavy (non-hydrogen) atoms. The van der Waals surface area contributed by atoms with E-state index in [0.29, 0.717) is 0 Å². The van der Waals surface area contributed by atoms with Gasteiger partial charge in [0.2, 0.25) is 0 Å². The van der Waals surface area contributed by atoms with Crippen LogP contribution in [0.25, 0.3) is 0 Å². The Morgan fingerprint density at radius 1 is 0.316 bits per heavy atom. The van der Waals surface area contributed by atoms with Gasteiger partial charge >= 0.3 is 384 Å². The molecule has 0 aliphatic heterocycles. The summed E-state index contributed by atoms with van der Waals surface area (Å²) in [6, 6.07) is 0. The van der Waals surface area contributed by atoms with E-state index in [9.17, 15) is 0 Å². The molecule has 0 fully saturated rings. The van der Waals surface area contributed by atoms with Gasteiger partial charge in [-0.1, -0.05) is 0 Å². The fourth-order valence-corrected chi connectivity index (χ4v) is 0. The minimum absolute atomic E-state index is 0. The van der Waals surface area contributed by atoms with E-state index in [1.54, 1.807) is 0 Å². The Balaban J connectivity index is -0.0000000141. The summed E-state index contributed by atoms with van der Waals surface area (Å²) in [5.74, 6) is 0. The van der Waals surface area contributed by atoms with Gasteiger partial charge in [0.25, 0.3) is 0 Å². The van der Waals surface area contributed by atoms with Crippen LogP contribution in [0.5, 0.6) is 0 Å². The monoisotopic (exact) mass is 1640 g/mol. The third-order valence-corrected chi connectivity index (χ3v) is 0. The maximum atomic E-state index is 8.60. The van der Waals surface area contributed by atoms with Crippen molar-refractivity contribution in [2.75, 3.05) is 0 Å². The molecule has 0 rings (SSSR count). The molecule has 0 unspecified atom stereocenters. The molecule has 6 radical (unpaired) electrons. The second kappa shape index (κ2) is 85.1. The van der Waals surface area contributed by atoms with E-state index in [0.717, 1.165) is 0 Å². The van der Waals surface area contributed by atoms with Crippen LogP contribution >= 0.6 is 0 Å². The minimum Gasteiger partial charge on any atom is 2.00 e. The van der Waals surface area contributed by atoms with Crippen molar-refractivity contribution >= 4 is 151 Å². The van der Waals surface area contributed by atoms with Gasteiger partial charge in [-0.3, -0.25) is 0 Å². The SMILES string of the molecule is [Mg+2].[Mg+2].[Mg+2].[O]=[Nb](=[O])[O-].[O]=[Nb](=[O])[O-].[O]=[Nb](=[O])[O-].[O]=[Nb](=[O])[O-].[O]=[Ti]([O-])[O-].[O]=[Ti]([O-])[O-].[O]=[Ti]([O-])[O-].[O]=[Ti]([O-])[O-].[Pb+2].[Pb+2].[Pb+2]. The van der Waals surface area contributed by atoms with E-state index in [1.807, 2.05) is 0 Å². The van der Waals surface area contributed by atoms with Crippen molar-refractivity contribution in [3.05, 3.63) is 0 Å². The quantitative estimate of drug-likeness (QED) is 0.203. The molecule has 0 aromatic rings. The predicted octanol–water partition coefficient (Wildman–Crippen LogP) is -18.0. The largest absolute Gasteiger partial charge is 2.00 e. The van der Waals surface area contributed by atoms with Crippen LogP contribution in [0, 0.1) is 0 Å². The predicted molar refractivity (Wildman–Crippen MR) is 42.8 cm³/mol. The molecule has 0 aromatic carbocycles. The van der Waals surface area contributed by atoms with Gasteiger partial charge in [0.05, 0.1) is 0 Å². The van der Waals surface area contributed by atoms with E-state index >= 15 is 0 Å². The number of rotatable bonds is 0. The standard InChI is InChI=1S/3Mg.4Nb.24O.3Pb.4Ti/q3*+2;;;;;;;;;;;;;;;;;12*-1;3*+2;;;;. The van der Waals surface area contributed by atoms with Gasteiger partial charge in [-0.2, -0.15) is 0 Å². The van der Waals surface area contributed by atoms with E-state index in [4.69, 9.17) is 83.3 Å². The van der Waals surface area contributed by atoms with Crippen molar-refractivity contribution in [1.82, 2.24) is 0 Å². The molecule has 0 bridgehead atoms. The van der Waals surface area contributed by atoms with Crippen LogP contribution in [-0.4, -0.2) is 151 Å². The Morgan fingerprint density at radius 3 is 0.316 bits per heavy atom. The Labute approximate surface area is 374 Å². The number of hydrogen-bond donors (Lipinski definition) is 0. The fourth-order valence-electron chi connectivity index (χ4n) is 0. The van der Waals surface area contributed by atoms with Crippen LogP contribution in [-0.2, 0) is 189 Å². The molecule has 0 N–H and O–H groups in total. The molecule has 0 aliphatic carbocycles. The van der Waals surface area contributed by atoms with Gasteiger partial charge in [-0.25, -0.2) is 0 Å². The van der Waals surface area contributed by atoms with E-state index in [1.165, 1.54) is 0 Å². The Bertz CT molecular complexity index is 600. The Hall–Kier alpha value is 8.00. The van der Waals surface area contributed by atoms with Crippen LogP contribution in [0.15, 0.2) is 0 Å². The van der Waals surface area contributed by atoms with Gasteiger partial charge in [0, 0.05) is 0 Å². The molecule has 0 aliphatic rings. The average Bonchev–Trinajstić information content (AvgIpc) is 2.30. The smallest absolute Gasteiger partial charge is 2.00 e. The summed E-state index contributed by atoms with van der Waals surface area (Å²) in [7, 11) is 0. The topological polar surface area (TPSA) is 482 Å². The minimum atomic E-state index is -4.20. The summed E-state index contributed by atoms with van der Waals surface area (Å²) in [5.41, 5.74) is 0. The van der Waals surface area contributed by atoms with Crippen LogP contribution in [0.4, 0.5) is 0 Å². The first-order valence-electron chi connectivity index (χ1n) is 4.64. The molecule has 0 amide bonds. The summed E-state index contributed by atoms with van der Waals surface area (Å²) >= 11 is -33.1. The molecule has 0 heterocycles. The molecule has 24 nitrogen and oxygen atoms in total. The second-order valence-corrected chi connectivity index (χ2v) is 9.41. The third-order valence-electron chi connectivity index (χ3n) is 0. The molecule has 0 atom stereocenters. The van der Waals surface area contributed by atoms with E-state index in [2.05, 4.69) is 0 Å².